The molecule has 0 saturated heterocycles. The van der Waals surface area contributed by atoms with Crippen molar-refractivity contribution in [2.75, 3.05) is 11.9 Å². The Kier molecular flexibility index (Phi) is 6.61. The van der Waals surface area contributed by atoms with Gasteiger partial charge in [0.05, 0.1) is 11.0 Å². The number of hydrogen-bond donors (Lipinski definition) is 2. The second-order valence-electron chi connectivity index (χ2n) is 7.21. The van der Waals surface area contributed by atoms with Crippen molar-refractivity contribution in [3.63, 3.8) is 0 Å². The molecule has 1 heterocycles. The fourth-order valence-electron chi connectivity index (χ4n) is 3.42. The number of carbonyl (C=O) groups excluding carboxylic acids is 2. The van der Waals surface area contributed by atoms with Crippen LogP contribution in [0.4, 0.5) is 5.69 Å². The quantitative estimate of drug-likeness (QED) is 0.631. The molecule has 1 aromatic heterocycles. The Balaban J connectivity index is 1.92. The van der Waals surface area contributed by atoms with Gasteiger partial charge in [-0.25, -0.2) is 4.98 Å². The van der Waals surface area contributed by atoms with E-state index in [0.717, 1.165) is 16.8 Å². The minimum absolute atomic E-state index is 0.133. The predicted molar refractivity (Wildman–Crippen MR) is 118 cm³/mol. The van der Waals surface area contributed by atoms with E-state index in [1.54, 1.807) is 18.2 Å². The molecule has 0 fully saturated rings. The van der Waals surface area contributed by atoms with Crippen molar-refractivity contribution in [3.05, 3.63) is 69.6 Å². The molecule has 0 bridgehead atoms. The standard InChI is InChI=1S/C23H26N4O3/c1-4-24-20(28)13-12-18-23(30)27(19-11-6-5-10-17(19)25-18)14-21(29)26-22-15(2)8-7-9-16(22)3/h5-11H,4,12-14H2,1-3H3,(H,24,28)(H,26,29). The first-order valence-electron chi connectivity index (χ1n) is 10.0. The highest BCUT2D eigenvalue weighted by Crippen LogP contribution is 2.19. The number of amides is 2. The zero-order valence-electron chi connectivity index (χ0n) is 17.5. The molecule has 0 atom stereocenters. The molecule has 0 spiro atoms. The number of carbonyl (C=O) groups is 2. The zero-order valence-corrected chi connectivity index (χ0v) is 17.5. The third kappa shape index (κ3) is 4.74. The molecule has 2 amide bonds. The number of anilines is 1. The molecule has 30 heavy (non-hydrogen) atoms. The fraction of sp³-hybridized carbons (Fsp3) is 0.304. The topological polar surface area (TPSA) is 93.1 Å². The van der Waals surface area contributed by atoms with Crippen molar-refractivity contribution < 1.29 is 9.59 Å². The smallest absolute Gasteiger partial charge is 0.273 e. The summed E-state index contributed by atoms with van der Waals surface area (Å²) in [6.07, 6.45) is 0.386. The van der Waals surface area contributed by atoms with E-state index >= 15 is 0 Å². The van der Waals surface area contributed by atoms with Crippen LogP contribution in [0.2, 0.25) is 0 Å². The van der Waals surface area contributed by atoms with Crippen molar-refractivity contribution in [3.8, 4) is 0 Å². The third-order valence-corrected chi connectivity index (χ3v) is 4.93. The second-order valence-corrected chi connectivity index (χ2v) is 7.21. The Bertz CT molecular complexity index is 1130. The first-order chi connectivity index (χ1) is 14.4. The van der Waals surface area contributed by atoms with Crippen molar-refractivity contribution in [2.24, 2.45) is 0 Å². The lowest BCUT2D eigenvalue weighted by atomic mass is 10.1. The van der Waals surface area contributed by atoms with Crippen molar-refractivity contribution in [2.45, 2.75) is 40.2 Å². The van der Waals surface area contributed by atoms with Gasteiger partial charge in [-0.2, -0.15) is 0 Å². The molecule has 2 N–H and O–H groups in total. The van der Waals surface area contributed by atoms with E-state index in [0.29, 0.717) is 17.6 Å². The number of hydrogen-bond acceptors (Lipinski definition) is 4. The second kappa shape index (κ2) is 9.35. The minimum atomic E-state index is -0.352. The lowest BCUT2D eigenvalue weighted by molar-refractivity contribution is -0.121. The van der Waals surface area contributed by atoms with E-state index in [1.165, 1.54) is 4.57 Å². The maximum Gasteiger partial charge on any atom is 0.273 e. The Hall–Kier alpha value is -3.48. The molecule has 7 nitrogen and oxygen atoms in total. The molecular formula is C23H26N4O3. The van der Waals surface area contributed by atoms with Crippen LogP contribution in [0.5, 0.6) is 0 Å². The summed E-state index contributed by atoms with van der Waals surface area (Å²) in [5.74, 6) is -0.424. The Labute approximate surface area is 175 Å². The third-order valence-electron chi connectivity index (χ3n) is 4.93. The highest BCUT2D eigenvalue weighted by atomic mass is 16.2. The number of benzene rings is 2. The Morgan fingerprint density at radius 3 is 2.40 bits per heavy atom. The van der Waals surface area contributed by atoms with Crippen LogP contribution in [0.3, 0.4) is 0 Å². The molecule has 0 aliphatic carbocycles. The van der Waals surface area contributed by atoms with Gasteiger partial charge in [-0.15, -0.1) is 0 Å². The lowest BCUT2D eigenvalue weighted by Gasteiger charge is -2.14. The molecule has 0 radical (unpaired) electrons. The number of aromatic nitrogens is 2. The minimum Gasteiger partial charge on any atom is -0.356 e. The Morgan fingerprint density at radius 2 is 1.70 bits per heavy atom. The molecule has 3 aromatic rings. The van der Waals surface area contributed by atoms with E-state index in [9.17, 15) is 14.4 Å². The number of nitrogens with one attached hydrogen (secondary N) is 2. The lowest BCUT2D eigenvalue weighted by Crippen LogP contribution is -2.32. The van der Waals surface area contributed by atoms with Crippen LogP contribution in [0.1, 0.15) is 30.2 Å². The van der Waals surface area contributed by atoms with Crippen LogP contribution in [0.25, 0.3) is 11.0 Å². The largest absolute Gasteiger partial charge is 0.356 e. The van der Waals surface area contributed by atoms with Crippen LogP contribution in [-0.4, -0.2) is 27.9 Å². The number of aryl methyl sites for hydroxylation is 3. The number of nitrogens with zero attached hydrogens (tertiary/aromatic N) is 2. The van der Waals surface area contributed by atoms with Crippen LogP contribution in [0, 0.1) is 13.8 Å². The molecule has 7 heteroatoms. The highest BCUT2D eigenvalue weighted by Gasteiger charge is 2.15. The van der Waals surface area contributed by atoms with E-state index in [1.807, 2.05) is 45.0 Å². The predicted octanol–water partition coefficient (Wildman–Crippen LogP) is 2.72. The van der Waals surface area contributed by atoms with Gasteiger partial charge in [0.25, 0.3) is 5.56 Å². The highest BCUT2D eigenvalue weighted by molar-refractivity contribution is 5.93. The van der Waals surface area contributed by atoms with E-state index < -0.39 is 0 Å². The van der Waals surface area contributed by atoms with Crippen molar-refractivity contribution >= 4 is 28.5 Å². The van der Waals surface area contributed by atoms with E-state index in [2.05, 4.69) is 15.6 Å². The van der Waals surface area contributed by atoms with Gasteiger partial charge in [-0.1, -0.05) is 30.3 Å². The van der Waals surface area contributed by atoms with Crippen molar-refractivity contribution in [1.82, 2.24) is 14.9 Å². The first-order valence-corrected chi connectivity index (χ1v) is 10.0. The maximum absolute atomic E-state index is 13.1. The zero-order chi connectivity index (χ0) is 21.7. The van der Waals surface area contributed by atoms with Gasteiger partial charge in [-0.05, 0) is 44.0 Å². The van der Waals surface area contributed by atoms with Gasteiger partial charge in [0.15, 0.2) is 0 Å². The van der Waals surface area contributed by atoms with Gasteiger partial charge in [0, 0.05) is 25.1 Å². The number of rotatable bonds is 7. The van der Waals surface area contributed by atoms with Gasteiger partial charge in [0.1, 0.15) is 12.2 Å². The summed E-state index contributed by atoms with van der Waals surface area (Å²) in [6.45, 7) is 6.09. The monoisotopic (exact) mass is 406 g/mol. The van der Waals surface area contributed by atoms with E-state index in [4.69, 9.17) is 0 Å². The average molecular weight is 406 g/mol. The van der Waals surface area contributed by atoms with E-state index in [-0.39, 0.29) is 42.5 Å². The molecular weight excluding hydrogens is 380 g/mol. The van der Waals surface area contributed by atoms with Crippen molar-refractivity contribution in [1.29, 1.82) is 0 Å². The van der Waals surface area contributed by atoms with Crippen LogP contribution in [-0.2, 0) is 22.6 Å². The molecule has 0 aliphatic heterocycles. The molecule has 156 valence electrons. The summed E-state index contributed by atoms with van der Waals surface area (Å²) < 4.78 is 1.43. The normalized spacial score (nSPS) is 10.8. The molecule has 2 aromatic carbocycles. The summed E-state index contributed by atoms with van der Waals surface area (Å²) in [6, 6.07) is 13.0. The molecule has 3 rings (SSSR count). The van der Waals surface area contributed by atoms with Crippen LogP contribution >= 0.6 is 0 Å². The average Bonchev–Trinajstić information content (AvgIpc) is 2.72. The summed E-state index contributed by atoms with van der Waals surface area (Å²) >= 11 is 0. The number of para-hydroxylation sites is 3. The first kappa shape index (κ1) is 21.2. The Morgan fingerprint density at radius 1 is 1.00 bits per heavy atom. The SMILES string of the molecule is CCNC(=O)CCc1nc2ccccc2n(CC(=O)Nc2c(C)cccc2C)c1=O. The fourth-order valence-corrected chi connectivity index (χ4v) is 3.42. The summed E-state index contributed by atoms with van der Waals surface area (Å²) in [5, 5.41) is 5.64. The maximum atomic E-state index is 13.1. The molecule has 0 unspecified atom stereocenters. The summed E-state index contributed by atoms with van der Waals surface area (Å²) in [5.41, 5.74) is 3.79. The molecule has 0 saturated carbocycles. The van der Waals surface area contributed by atoms with Gasteiger partial charge >= 0.3 is 0 Å². The van der Waals surface area contributed by atoms with Gasteiger partial charge in [-0.3, -0.25) is 19.0 Å². The molecule has 0 aliphatic rings. The van der Waals surface area contributed by atoms with Crippen LogP contribution in [0.15, 0.2) is 47.3 Å². The summed E-state index contributed by atoms with van der Waals surface area (Å²) in [7, 11) is 0. The van der Waals surface area contributed by atoms with Crippen LogP contribution < -0.4 is 16.2 Å². The van der Waals surface area contributed by atoms with Gasteiger partial charge in [0.2, 0.25) is 11.8 Å². The summed E-state index contributed by atoms with van der Waals surface area (Å²) in [4.78, 5) is 42.1. The number of fused-ring (bicyclic) bond motifs is 1. The van der Waals surface area contributed by atoms with Gasteiger partial charge < -0.3 is 10.6 Å².